The monoisotopic (exact) mass is 450 g/mol. The molecule has 2 aliphatic carbocycles. The molecule has 9 heteroatoms. The van der Waals surface area contributed by atoms with E-state index in [1.807, 2.05) is 0 Å². The van der Waals surface area contributed by atoms with Crippen LogP contribution >= 0.6 is 0 Å². The molecule has 2 aromatic rings. The van der Waals surface area contributed by atoms with Crippen molar-refractivity contribution in [1.82, 2.24) is 9.88 Å². The third kappa shape index (κ3) is 4.98. The van der Waals surface area contributed by atoms with E-state index in [0.29, 0.717) is 11.7 Å². The van der Waals surface area contributed by atoms with Crippen LogP contribution in [0.5, 0.6) is 0 Å². The van der Waals surface area contributed by atoms with Crippen LogP contribution in [0.1, 0.15) is 50.0 Å². The molecule has 0 unspecified atom stereocenters. The number of likely N-dealkylation sites (N-methyl/N-ethyl adjacent to an activating group) is 1. The molecule has 0 radical (unpaired) electrons. The molecule has 2 N–H and O–H groups in total. The lowest BCUT2D eigenvalue weighted by atomic mass is 9.89. The van der Waals surface area contributed by atoms with E-state index in [9.17, 15) is 12.8 Å². The Balaban J connectivity index is 1.65. The van der Waals surface area contributed by atoms with E-state index in [4.69, 9.17) is 0 Å². The molecule has 2 saturated carbocycles. The molecule has 0 saturated heterocycles. The lowest BCUT2D eigenvalue weighted by Gasteiger charge is -2.37. The predicted octanol–water partition coefficient (Wildman–Crippen LogP) is 4.32. The van der Waals surface area contributed by atoms with Crippen LogP contribution in [0.25, 0.3) is 0 Å². The highest BCUT2D eigenvalue weighted by Gasteiger charge is 2.33. The van der Waals surface area contributed by atoms with Crippen LogP contribution in [0.4, 0.5) is 20.3 Å². The largest absolute Gasteiger partial charge is 0.380 e. The summed E-state index contributed by atoms with van der Waals surface area (Å²) in [6, 6.07) is 7.00. The first-order valence-electron chi connectivity index (χ1n) is 10.7. The number of nitrogens with zero attached hydrogens (tertiary/aromatic N) is 2. The number of sulfonamides is 1. The Morgan fingerprint density at radius 1 is 1.06 bits per heavy atom. The summed E-state index contributed by atoms with van der Waals surface area (Å²) in [4.78, 5) is 5.25. The van der Waals surface area contributed by atoms with Gasteiger partial charge < -0.3 is 10.2 Å². The Hall–Kier alpha value is -2.26. The average molecular weight is 451 g/mol. The van der Waals surface area contributed by atoms with Crippen molar-refractivity contribution in [3.63, 3.8) is 0 Å². The lowest BCUT2D eigenvalue weighted by molar-refractivity contribution is 0.211. The summed E-state index contributed by atoms with van der Waals surface area (Å²) in [5.41, 5.74) is 1.48. The zero-order chi connectivity index (χ0) is 22.2. The van der Waals surface area contributed by atoms with Crippen molar-refractivity contribution < 1.29 is 17.2 Å². The normalized spacial score (nSPS) is 21.8. The summed E-state index contributed by atoms with van der Waals surface area (Å²) in [5.74, 6) is -1.63. The van der Waals surface area contributed by atoms with Crippen LogP contribution in [0.2, 0.25) is 0 Å². The zero-order valence-electron chi connectivity index (χ0n) is 17.7. The van der Waals surface area contributed by atoms with Gasteiger partial charge in [-0.3, -0.25) is 4.72 Å². The minimum absolute atomic E-state index is 0.178. The summed E-state index contributed by atoms with van der Waals surface area (Å²) in [5, 5.41) is 3.52. The maximum Gasteiger partial charge on any atom is 0.265 e. The second-order valence-electron chi connectivity index (χ2n) is 8.66. The van der Waals surface area contributed by atoms with Crippen molar-refractivity contribution in [2.24, 2.45) is 0 Å². The molecule has 6 nitrogen and oxygen atoms in total. The molecular formula is C22H28F2N4O2S. The number of pyridine rings is 1. The van der Waals surface area contributed by atoms with Gasteiger partial charge in [0.05, 0.1) is 0 Å². The highest BCUT2D eigenvalue weighted by Crippen LogP contribution is 2.45. The van der Waals surface area contributed by atoms with Gasteiger partial charge in [0.2, 0.25) is 5.95 Å². The highest BCUT2D eigenvalue weighted by atomic mass is 32.2. The molecule has 0 bridgehead atoms. The molecule has 4 rings (SSSR count). The molecule has 31 heavy (non-hydrogen) atoms. The van der Waals surface area contributed by atoms with Crippen molar-refractivity contribution >= 4 is 21.5 Å². The average Bonchev–Trinajstić information content (AvgIpc) is 3.53. The molecule has 2 atom stereocenters. The molecule has 1 aromatic heterocycles. The molecule has 1 heterocycles. The second kappa shape index (κ2) is 8.70. The first-order chi connectivity index (χ1) is 14.7. The van der Waals surface area contributed by atoms with Gasteiger partial charge in [-0.25, -0.2) is 17.8 Å². The Labute approximate surface area is 182 Å². The number of aromatic nitrogens is 1. The number of nitrogens with one attached hydrogen (secondary N) is 2. The minimum atomic E-state index is -4.25. The van der Waals surface area contributed by atoms with E-state index >= 15 is 4.39 Å². The van der Waals surface area contributed by atoms with Crippen molar-refractivity contribution in [3.05, 3.63) is 47.7 Å². The van der Waals surface area contributed by atoms with Gasteiger partial charge in [-0.1, -0.05) is 18.9 Å². The molecule has 0 amide bonds. The summed E-state index contributed by atoms with van der Waals surface area (Å²) in [7, 11) is -0.152. The van der Waals surface area contributed by atoms with E-state index in [2.05, 4.69) is 34.0 Å². The van der Waals surface area contributed by atoms with Gasteiger partial charge in [-0.05, 0) is 75.5 Å². The van der Waals surface area contributed by atoms with E-state index in [0.717, 1.165) is 43.7 Å². The van der Waals surface area contributed by atoms with Crippen molar-refractivity contribution in [1.29, 1.82) is 0 Å². The van der Waals surface area contributed by atoms with Crippen LogP contribution < -0.4 is 10.0 Å². The topological polar surface area (TPSA) is 74.3 Å². The fourth-order valence-corrected chi connectivity index (χ4v) is 5.48. The fourth-order valence-electron chi connectivity index (χ4n) is 4.39. The molecular weight excluding hydrogens is 422 g/mol. The third-order valence-corrected chi connectivity index (χ3v) is 7.47. The van der Waals surface area contributed by atoms with Crippen LogP contribution in [0.3, 0.4) is 0 Å². The van der Waals surface area contributed by atoms with E-state index in [1.54, 1.807) is 0 Å². The van der Waals surface area contributed by atoms with Gasteiger partial charge in [0.25, 0.3) is 10.0 Å². The Kier molecular flexibility index (Phi) is 6.16. The summed E-state index contributed by atoms with van der Waals surface area (Å²) < 4.78 is 56.2. The zero-order valence-corrected chi connectivity index (χ0v) is 18.6. The number of benzene rings is 1. The summed E-state index contributed by atoms with van der Waals surface area (Å²) in [6.45, 7) is 0. The quantitative estimate of drug-likeness (QED) is 0.615. The molecule has 0 spiro atoms. The van der Waals surface area contributed by atoms with Crippen LogP contribution in [0, 0.1) is 11.8 Å². The van der Waals surface area contributed by atoms with Crippen molar-refractivity contribution in [2.45, 2.75) is 61.4 Å². The Morgan fingerprint density at radius 2 is 1.81 bits per heavy atom. The van der Waals surface area contributed by atoms with Crippen molar-refractivity contribution in [3.8, 4) is 0 Å². The summed E-state index contributed by atoms with van der Waals surface area (Å²) >= 11 is 0. The number of anilines is 2. The fraction of sp³-hybridized carbons (Fsp3) is 0.500. The highest BCUT2D eigenvalue weighted by molar-refractivity contribution is 7.92. The van der Waals surface area contributed by atoms with Crippen LogP contribution in [0.15, 0.2) is 35.2 Å². The van der Waals surface area contributed by atoms with Gasteiger partial charge in [-0.15, -0.1) is 0 Å². The van der Waals surface area contributed by atoms with Crippen molar-refractivity contribution in [2.75, 3.05) is 24.1 Å². The van der Waals surface area contributed by atoms with Gasteiger partial charge in [0.15, 0.2) is 0 Å². The molecule has 1 aromatic carbocycles. The second-order valence-corrected chi connectivity index (χ2v) is 10.3. The molecule has 168 valence electrons. The van der Waals surface area contributed by atoms with Gasteiger partial charge in [0, 0.05) is 17.8 Å². The van der Waals surface area contributed by atoms with E-state index < -0.39 is 26.7 Å². The SMILES string of the molecule is CN(C)[C@H]1CCCC[C@@H]1Nc1cc(F)c(S(=O)(=O)Nc2cccc(F)n2)cc1C1CC1. The van der Waals surface area contributed by atoms with Crippen LogP contribution in [-0.4, -0.2) is 44.5 Å². The maximum absolute atomic E-state index is 15.0. The van der Waals surface area contributed by atoms with Gasteiger partial charge >= 0.3 is 0 Å². The Bertz CT molecular complexity index is 1060. The first-order valence-corrected chi connectivity index (χ1v) is 12.1. The maximum atomic E-state index is 15.0. The predicted molar refractivity (Wildman–Crippen MR) is 117 cm³/mol. The number of rotatable bonds is 7. The third-order valence-electron chi connectivity index (χ3n) is 6.10. The lowest BCUT2D eigenvalue weighted by Crippen LogP contribution is -2.45. The van der Waals surface area contributed by atoms with E-state index in [1.165, 1.54) is 30.7 Å². The van der Waals surface area contributed by atoms with Crippen LogP contribution in [-0.2, 0) is 10.0 Å². The first kappa shape index (κ1) is 22.0. The Morgan fingerprint density at radius 3 is 2.48 bits per heavy atom. The number of hydrogen-bond donors (Lipinski definition) is 2. The number of halogens is 2. The van der Waals surface area contributed by atoms with Gasteiger partial charge in [0.1, 0.15) is 16.5 Å². The minimum Gasteiger partial charge on any atom is -0.380 e. The molecule has 0 aliphatic heterocycles. The summed E-state index contributed by atoms with van der Waals surface area (Å²) in [6.07, 6.45) is 6.23. The smallest absolute Gasteiger partial charge is 0.265 e. The standard InChI is InChI=1S/C22H28F2N4O2S/c1-28(2)19-7-4-3-6-17(19)25-18-13-16(23)20(12-15(18)14-10-11-14)31(29,30)27-22-9-5-8-21(24)26-22/h5,8-9,12-14,17,19,25H,3-4,6-7,10-11H2,1-2H3,(H,26,27)/t17-,19-/m0/s1. The van der Waals surface area contributed by atoms with Gasteiger partial charge in [-0.2, -0.15) is 4.39 Å². The molecule has 2 aliphatic rings. The number of hydrogen-bond acceptors (Lipinski definition) is 5. The molecule has 2 fully saturated rings. The van der Waals surface area contributed by atoms with E-state index in [-0.39, 0.29) is 17.8 Å².